The highest BCUT2D eigenvalue weighted by Gasteiger charge is 2.25. The van der Waals surface area contributed by atoms with E-state index in [-0.39, 0.29) is 18.0 Å². The third-order valence-corrected chi connectivity index (χ3v) is 5.79. The molecule has 0 spiro atoms. The third kappa shape index (κ3) is 7.62. The molecule has 2 fully saturated rings. The Morgan fingerprint density at radius 1 is 0.743 bits per heavy atom. The zero-order valence-corrected chi connectivity index (χ0v) is 20.6. The third-order valence-electron chi connectivity index (χ3n) is 5.79. The molecule has 35 heavy (non-hydrogen) atoms. The minimum atomic E-state index is -0.206. The Morgan fingerprint density at radius 2 is 1.26 bits per heavy atom. The summed E-state index contributed by atoms with van der Waals surface area (Å²) in [5.74, 6) is 1.17. The van der Waals surface area contributed by atoms with Crippen LogP contribution in [0.2, 0.25) is 0 Å². The summed E-state index contributed by atoms with van der Waals surface area (Å²) in [6.07, 6.45) is -0.396. The highest BCUT2D eigenvalue weighted by molar-refractivity contribution is 5.56. The summed E-state index contributed by atoms with van der Waals surface area (Å²) in [4.78, 5) is 4.20. The summed E-state index contributed by atoms with van der Waals surface area (Å²) < 4.78 is 5.87. The Bertz CT molecular complexity index is 1040. The maximum atomic E-state index is 9.40. The van der Waals surface area contributed by atoms with Gasteiger partial charge in [0.05, 0.1) is 12.2 Å². The van der Waals surface area contributed by atoms with Crippen molar-refractivity contribution in [1.29, 1.82) is 0 Å². The number of phenols is 1. The summed E-state index contributed by atoms with van der Waals surface area (Å²) in [5.41, 5.74) is 5.49. The van der Waals surface area contributed by atoms with Crippen LogP contribution in [0.4, 0.5) is 11.4 Å². The Labute approximate surface area is 207 Å². The van der Waals surface area contributed by atoms with Crippen LogP contribution in [0.25, 0.3) is 0 Å². The highest BCUT2D eigenvalue weighted by Crippen LogP contribution is 2.28. The molecule has 2 heterocycles. The first-order chi connectivity index (χ1) is 16.9. The number of hydrogen-bond donors (Lipinski definition) is 4. The van der Waals surface area contributed by atoms with Crippen LogP contribution in [0, 0.1) is 13.8 Å². The molecule has 7 nitrogen and oxygen atoms in total. The van der Waals surface area contributed by atoms with Gasteiger partial charge in [0, 0.05) is 56.8 Å². The number of benzene rings is 3. The van der Waals surface area contributed by atoms with Gasteiger partial charge in [0.1, 0.15) is 18.1 Å². The number of phenolic OH excluding ortho intramolecular Hbond substituents is 1. The summed E-state index contributed by atoms with van der Waals surface area (Å²) in [6, 6.07) is 21.8. The molecule has 7 heteroatoms. The summed E-state index contributed by atoms with van der Waals surface area (Å²) in [7, 11) is 1.00. The standard InChI is InChI=1S/C17H19NO2.C10H13NO2.CH4O/c1-13-7-15(18-10-16(19)11-18)9-17(8-13)20-12-14-5-3-2-4-6-14;1-7-2-8(4-9(12)3-7)11-5-10(13)6-11;1-2/h2-9,16,19H,10-12H2,1H3;2-4,10,12-13H,5-6H2,1H3;2H,1H3. The van der Waals surface area contributed by atoms with Crippen molar-refractivity contribution in [1.82, 2.24) is 0 Å². The number of rotatable bonds is 5. The Hall–Kier alpha value is -3.26. The molecule has 3 aromatic rings. The number of anilines is 2. The first-order valence-electron chi connectivity index (χ1n) is 11.8. The van der Waals surface area contributed by atoms with E-state index in [2.05, 4.69) is 30.0 Å². The molecule has 0 unspecified atom stereocenters. The van der Waals surface area contributed by atoms with Gasteiger partial charge in [0.2, 0.25) is 0 Å². The van der Waals surface area contributed by atoms with Crippen LogP contribution in [0.3, 0.4) is 0 Å². The normalized spacial score (nSPS) is 15.1. The average Bonchev–Trinajstić information content (AvgIpc) is 2.80. The predicted molar refractivity (Wildman–Crippen MR) is 139 cm³/mol. The van der Waals surface area contributed by atoms with Crippen molar-refractivity contribution in [2.45, 2.75) is 32.7 Å². The number of β-amino-alcohol motifs (C(OH)–C–C–N with tert-alkyl or cyclic N) is 2. The second-order valence-electron chi connectivity index (χ2n) is 8.92. The van der Waals surface area contributed by atoms with Crippen molar-refractivity contribution in [2.75, 3.05) is 43.1 Å². The fourth-order valence-electron chi connectivity index (χ4n) is 3.99. The van der Waals surface area contributed by atoms with E-state index in [1.807, 2.05) is 48.2 Å². The van der Waals surface area contributed by atoms with E-state index in [0.717, 1.165) is 35.4 Å². The molecule has 3 aromatic carbocycles. The van der Waals surface area contributed by atoms with Crippen molar-refractivity contribution in [2.24, 2.45) is 0 Å². The lowest BCUT2D eigenvalue weighted by Gasteiger charge is -2.38. The molecule has 2 aliphatic heterocycles. The van der Waals surface area contributed by atoms with E-state index in [4.69, 9.17) is 14.9 Å². The quantitative estimate of drug-likeness (QED) is 0.445. The van der Waals surface area contributed by atoms with Gasteiger partial charge in [-0.3, -0.25) is 0 Å². The average molecular weight is 481 g/mol. The lowest BCUT2D eigenvalue weighted by atomic mass is 10.1. The number of aryl methyl sites for hydroxylation is 2. The van der Waals surface area contributed by atoms with E-state index in [0.29, 0.717) is 32.8 Å². The zero-order valence-electron chi connectivity index (χ0n) is 20.6. The maximum Gasteiger partial charge on any atom is 0.122 e. The summed E-state index contributed by atoms with van der Waals surface area (Å²) in [6.45, 7) is 7.34. The Balaban J connectivity index is 0.000000197. The monoisotopic (exact) mass is 480 g/mol. The van der Waals surface area contributed by atoms with Crippen molar-refractivity contribution >= 4 is 11.4 Å². The smallest absolute Gasteiger partial charge is 0.122 e. The molecular formula is C28H36N2O5. The van der Waals surface area contributed by atoms with Gasteiger partial charge in [-0.1, -0.05) is 30.3 Å². The minimum absolute atomic E-state index is 0.191. The number of aliphatic hydroxyl groups excluding tert-OH is 3. The number of ether oxygens (including phenoxy) is 1. The maximum absolute atomic E-state index is 9.40. The first-order valence-corrected chi connectivity index (χ1v) is 11.8. The Morgan fingerprint density at radius 3 is 1.77 bits per heavy atom. The fourth-order valence-corrected chi connectivity index (χ4v) is 3.99. The van der Waals surface area contributed by atoms with Crippen molar-refractivity contribution in [3.63, 3.8) is 0 Å². The number of hydrogen-bond acceptors (Lipinski definition) is 7. The van der Waals surface area contributed by atoms with Crippen LogP contribution in [0.5, 0.6) is 11.5 Å². The molecule has 0 saturated carbocycles. The predicted octanol–water partition coefficient (Wildman–Crippen LogP) is 3.24. The van der Waals surface area contributed by atoms with E-state index in [1.54, 1.807) is 12.1 Å². The Kier molecular flexibility index (Phi) is 9.37. The van der Waals surface area contributed by atoms with Gasteiger partial charge in [0.25, 0.3) is 0 Å². The summed E-state index contributed by atoms with van der Waals surface area (Å²) in [5, 5.41) is 34.9. The van der Waals surface area contributed by atoms with Crippen LogP contribution < -0.4 is 14.5 Å². The second kappa shape index (κ2) is 12.4. The number of aliphatic hydroxyl groups is 3. The van der Waals surface area contributed by atoms with Crippen molar-refractivity contribution in [3.8, 4) is 11.5 Å². The molecule has 0 amide bonds. The molecule has 0 radical (unpaired) electrons. The van der Waals surface area contributed by atoms with Gasteiger partial charge < -0.3 is 35.0 Å². The first kappa shape index (κ1) is 26.3. The van der Waals surface area contributed by atoms with Gasteiger partial charge in [-0.15, -0.1) is 0 Å². The lowest BCUT2D eigenvalue weighted by molar-refractivity contribution is 0.141. The molecule has 0 atom stereocenters. The number of aromatic hydroxyl groups is 1. The molecule has 2 aliphatic rings. The van der Waals surface area contributed by atoms with E-state index in [9.17, 15) is 10.2 Å². The molecule has 5 rings (SSSR count). The van der Waals surface area contributed by atoms with Crippen molar-refractivity contribution in [3.05, 3.63) is 83.4 Å². The topological polar surface area (TPSA) is 96.6 Å². The van der Waals surface area contributed by atoms with Gasteiger partial charge >= 0.3 is 0 Å². The van der Waals surface area contributed by atoms with Crippen molar-refractivity contribution < 1.29 is 25.2 Å². The zero-order chi connectivity index (χ0) is 25.4. The van der Waals surface area contributed by atoms with Crippen LogP contribution in [-0.2, 0) is 6.61 Å². The number of nitrogens with zero attached hydrogens (tertiary/aromatic N) is 2. The van der Waals surface area contributed by atoms with Crippen LogP contribution in [0.1, 0.15) is 16.7 Å². The van der Waals surface area contributed by atoms with Gasteiger partial charge in [0.15, 0.2) is 0 Å². The SMILES string of the molecule is CO.Cc1cc(O)cc(N2CC(O)C2)c1.Cc1cc(OCc2ccccc2)cc(N2CC(O)C2)c1. The van der Waals surface area contributed by atoms with Crippen LogP contribution in [-0.4, -0.2) is 65.9 Å². The molecule has 188 valence electrons. The van der Waals surface area contributed by atoms with E-state index < -0.39 is 0 Å². The van der Waals surface area contributed by atoms with Crippen LogP contribution in [0.15, 0.2) is 66.7 Å². The highest BCUT2D eigenvalue weighted by atomic mass is 16.5. The summed E-state index contributed by atoms with van der Waals surface area (Å²) >= 11 is 0. The molecular weight excluding hydrogens is 444 g/mol. The van der Waals surface area contributed by atoms with E-state index >= 15 is 0 Å². The second-order valence-corrected chi connectivity index (χ2v) is 8.92. The van der Waals surface area contributed by atoms with Gasteiger partial charge in [-0.25, -0.2) is 0 Å². The largest absolute Gasteiger partial charge is 0.508 e. The molecule has 4 N–H and O–H groups in total. The lowest BCUT2D eigenvalue weighted by Crippen LogP contribution is -2.50. The molecule has 0 aromatic heterocycles. The fraction of sp³-hybridized carbons (Fsp3) is 0.357. The molecule has 0 aliphatic carbocycles. The molecule has 2 saturated heterocycles. The van der Waals surface area contributed by atoms with Crippen LogP contribution >= 0.6 is 0 Å². The minimum Gasteiger partial charge on any atom is -0.508 e. The molecule has 0 bridgehead atoms. The van der Waals surface area contributed by atoms with Gasteiger partial charge in [-0.2, -0.15) is 0 Å². The van der Waals surface area contributed by atoms with Gasteiger partial charge in [-0.05, 0) is 54.8 Å². The van der Waals surface area contributed by atoms with E-state index in [1.165, 1.54) is 5.56 Å².